The van der Waals surface area contributed by atoms with E-state index in [0.29, 0.717) is 27.3 Å². The zero-order valence-electron chi connectivity index (χ0n) is 20.6. The molecule has 0 aliphatic heterocycles. The van der Waals surface area contributed by atoms with Crippen molar-refractivity contribution in [1.82, 2.24) is 20.1 Å². The quantitative estimate of drug-likeness (QED) is 0.210. The molecule has 0 unspecified atom stereocenters. The highest BCUT2D eigenvalue weighted by Gasteiger charge is 2.18. The average Bonchev–Trinajstić information content (AvgIpc) is 3.35. The summed E-state index contributed by atoms with van der Waals surface area (Å²) >= 11 is 7.80. The van der Waals surface area contributed by atoms with E-state index in [2.05, 4.69) is 15.5 Å². The Kier molecular flexibility index (Phi) is 7.86. The number of rotatable bonds is 8. The van der Waals surface area contributed by atoms with Crippen molar-refractivity contribution in [3.8, 4) is 16.8 Å². The van der Waals surface area contributed by atoms with Gasteiger partial charge in [0.2, 0.25) is 0 Å². The standard InChI is InChI=1S/C30H24ClFN4OS/c1-20-7-14-25(31)17-27(20)36-28(34-35-30(36)38-19-21-8-15-26(32)16-9-21)18-33-29(37)24-12-10-23(11-13-24)22-5-3-2-4-6-22/h2-17H,18-19H2,1H3,(H,33,37). The molecule has 0 atom stereocenters. The minimum atomic E-state index is -0.274. The summed E-state index contributed by atoms with van der Waals surface area (Å²) in [4.78, 5) is 13.0. The van der Waals surface area contributed by atoms with Gasteiger partial charge in [-0.15, -0.1) is 10.2 Å². The van der Waals surface area contributed by atoms with Crippen LogP contribution in [0.3, 0.4) is 0 Å². The minimum Gasteiger partial charge on any atom is -0.345 e. The van der Waals surface area contributed by atoms with Crippen LogP contribution in [0.25, 0.3) is 16.8 Å². The molecular formula is C30H24ClFN4OS. The maximum Gasteiger partial charge on any atom is 0.251 e. The van der Waals surface area contributed by atoms with Crippen LogP contribution < -0.4 is 5.32 Å². The molecule has 4 aromatic carbocycles. The van der Waals surface area contributed by atoms with Gasteiger partial charge in [0.25, 0.3) is 5.91 Å². The van der Waals surface area contributed by atoms with Gasteiger partial charge in [0.15, 0.2) is 11.0 Å². The Balaban J connectivity index is 1.36. The van der Waals surface area contributed by atoms with Gasteiger partial charge < -0.3 is 5.32 Å². The van der Waals surface area contributed by atoms with Gasteiger partial charge in [0.1, 0.15) is 5.82 Å². The molecule has 5 rings (SSSR count). The molecule has 0 saturated heterocycles. The van der Waals surface area contributed by atoms with Crippen LogP contribution in [-0.2, 0) is 12.3 Å². The molecule has 0 fully saturated rings. The third-order valence-electron chi connectivity index (χ3n) is 6.05. The van der Waals surface area contributed by atoms with Crippen molar-refractivity contribution in [3.63, 3.8) is 0 Å². The second kappa shape index (κ2) is 11.6. The number of aromatic nitrogens is 3. The SMILES string of the molecule is Cc1ccc(Cl)cc1-n1c(CNC(=O)c2ccc(-c3ccccc3)cc2)nnc1SCc1ccc(F)cc1. The van der Waals surface area contributed by atoms with Crippen LogP contribution >= 0.6 is 23.4 Å². The number of nitrogens with one attached hydrogen (secondary N) is 1. The second-order valence-electron chi connectivity index (χ2n) is 8.71. The fourth-order valence-electron chi connectivity index (χ4n) is 4.01. The van der Waals surface area contributed by atoms with E-state index >= 15 is 0 Å². The summed E-state index contributed by atoms with van der Waals surface area (Å²) in [6.07, 6.45) is 0. The molecule has 0 radical (unpaired) electrons. The predicted octanol–water partition coefficient (Wildman–Crippen LogP) is 7.26. The molecule has 0 aliphatic carbocycles. The number of aryl methyl sites for hydroxylation is 1. The van der Waals surface area contributed by atoms with Crippen LogP contribution in [0, 0.1) is 12.7 Å². The topological polar surface area (TPSA) is 59.8 Å². The molecule has 1 N–H and O–H groups in total. The van der Waals surface area contributed by atoms with Crippen molar-refractivity contribution < 1.29 is 9.18 Å². The van der Waals surface area contributed by atoms with Gasteiger partial charge in [-0.05, 0) is 65.6 Å². The van der Waals surface area contributed by atoms with Gasteiger partial charge >= 0.3 is 0 Å². The van der Waals surface area contributed by atoms with E-state index in [0.717, 1.165) is 27.9 Å². The van der Waals surface area contributed by atoms with E-state index in [4.69, 9.17) is 11.6 Å². The monoisotopic (exact) mass is 542 g/mol. The van der Waals surface area contributed by atoms with Crippen molar-refractivity contribution in [2.24, 2.45) is 0 Å². The fourth-order valence-corrected chi connectivity index (χ4v) is 5.09. The van der Waals surface area contributed by atoms with Crippen molar-refractivity contribution in [3.05, 3.63) is 130 Å². The summed E-state index contributed by atoms with van der Waals surface area (Å²) in [6, 6.07) is 29.5. The van der Waals surface area contributed by atoms with Gasteiger partial charge in [-0.2, -0.15) is 0 Å². The van der Waals surface area contributed by atoms with E-state index in [1.54, 1.807) is 12.1 Å². The van der Waals surface area contributed by atoms with Gasteiger partial charge in [0.05, 0.1) is 12.2 Å². The number of hydrogen-bond acceptors (Lipinski definition) is 4. The Morgan fingerprint density at radius 3 is 2.37 bits per heavy atom. The molecule has 1 aromatic heterocycles. The summed E-state index contributed by atoms with van der Waals surface area (Å²) in [5.74, 6) is 0.677. The molecule has 8 heteroatoms. The van der Waals surface area contributed by atoms with Crippen molar-refractivity contribution in [2.45, 2.75) is 24.4 Å². The normalized spacial score (nSPS) is 10.9. The molecule has 190 valence electrons. The molecule has 0 saturated carbocycles. The Hall–Kier alpha value is -3.94. The Bertz CT molecular complexity index is 1550. The van der Waals surface area contributed by atoms with E-state index in [9.17, 15) is 9.18 Å². The first-order valence-corrected chi connectivity index (χ1v) is 13.4. The minimum absolute atomic E-state index is 0.176. The molecular weight excluding hydrogens is 519 g/mol. The van der Waals surface area contributed by atoms with Gasteiger partial charge in [-0.25, -0.2) is 4.39 Å². The molecule has 5 aromatic rings. The van der Waals surface area contributed by atoms with Gasteiger partial charge in [0, 0.05) is 16.3 Å². The molecule has 5 nitrogen and oxygen atoms in total. The highest BCUT2D eigenvalue weighted by Crippen LogP contribution is 2.29. The molecule has 0 aliphatic rings. The maximum absolute atomic E-state index is 13.3. The lowest BCUT2D eigenvalue weighted by Crippen LogP contribution is -2.24. The largest absolute Gasteiger partial charge is 0.345 e. The second-order valence-corrected chi connectivity index (χ2v) is 10.1. The number of carbonyl (C=O) groups is 1. The lowest BCUT2D eigenvalue weighted by Gasteiger charge is -2.14. The zero-order chi connectivity index (χ0) is 26.5. The van der Waals surface area contributed by atoms with Crippen LogP contribution in [0.4, 0.5) is 4.39 Å². The number of hydrogen-bond donors (Lipinski definition) is 1. The van der Waals surface area contributed by atoms with E-state index in [-0.39, 0.29) is 18.3 Å². The number of nitrogens with zero attached hydrogens (tertiary/aromatic N) is 3. The van der Waals surface area contributed by atoms with Crippen molar-refractivity contribution in [1.29, 1.82) is 0 Å². The molecule has 0 spiro atoms. The fraction of sp³-hybridized carbons (Fsp3) is 0.100. The summed E-state index contributed by atoms with van der Waals surface area (Å²) in [7, 11) is 0. The van der Waals surface area contributed by atoms with Crippen LogP contribution in [-0.4, -0.2) is 20.7 Å². The van der Waals surface area contributed by atoms with Crippen molar-refractivity contribution >= 4 is 29.3 Å². The molecule has 0 bridgehead atoms. The Labute approximate surface area is 229 Å². The summed E-state index contributed by atoms with van der Waals surface area (Å²) in [6.45, 7) is 2.16. The van der Waals surface area contributed by atoms with Crippen LogP contribution in [0.5, 0.6) is 0 Å². The Morgan fingerprint density at radius 2 is 1.63 bits per heavy atom. The molecule has 1 amide bonds. The number of amides is 1. The number of halogens is 2. The first-order valence-electron chi connectivity index (χ1n) is 12.0. The maximum atomic E-state index is 13.3. The predicted molar refractivity (Wildman–Crippen MR) is 150 cm³/mol. The third-order valence-corrected chi connectivity index (χ3v) is 7.29. The lowest BCUT2D eigenvalue weighted by molar-refractivity contribution is 0.0949. The molecule has 1 heterocycles. The average molecular weight is 543 g/mol. The first-order chi connectivity index (χ1) is 18.5. The highest BCUT2D eigenvalue weighted by atomic mass is 35.5. The summed E-state index contributed by atoms with van der Waals surface area (Å²) < 4.78 is 15.2. The smallest absolute Gasteiger partial charge is 0.251 e. The zero-order valence-corrected chi connectivity index (χ0v) is 22.1. The van der Waals surface area contributed by atoms with E-state index in [1.807, 2.05) is 84.3 Å². The number of thioether (sulfide) groups is 1. The van der Waals surface area contributed by atoms with Crippen LogP contribution in [0.15, 0.2) is 102 Å². The summed E-state index contributed by atoms with van der Waals surface area (Å²) in [5, 5.41) is 13.0. The molecule has 38 heavy (non-hydrogen) atoms. The lowest BCUT2D eigenvalue weighted by atomic mass is 10.0. The number of benzene rings is 4. The highest BCUT2D eigenvalue weighted by molar-refractivity contribution is 7.98. The van der Waals surface area contributed by atoms with E-state index < -0.39 is 0 Å². The van der Waals surface area contributed by atoms with Gasteiger partial charge in [-0.3, -0.25) is 9.36 Å². The van der Waals surface area contributed by atoms with Gasteiger partial charge in [-0.1, -0.05) is 84.0 Å². The van der Waals surface area contributed by atoms with Crippen molar-refractivity contribution in [2.75, 3.05) is 0 Å². The van der Waals surface area contributed by atoms with Crippen LogP contribution in [0.2, 0.25) is 5.02 Å². The van der Waals surface area contributed by atoms with Crippen LogP contribution in [0.1, 0.15) is 27.3 Å². The Morgan fingerprint density at radius 1 is 0.921 bits per heavy atom. The summed E-state index contributed by atoms with van der Waals surface area (Å²) in [5.41, 5.74) is 5.47. The number of carbonyl (C=O) groups excluding carboxylic acids is 1. The first kappa shape index (κ1) is 25.7. The van der Waals surface area contributed by atoms with E-state index in [1.165, 1.54) is 23.9 Å². The third kappa shape index (κ3) is 5.96.